The maximum atomic E-state index is 11.3. The first kappa shape index (κ1) is 12.2. The van der Waals surface area contributed by atoms with Gasteiger partial charge in [0.2, 0.25) is 0 Å². The molecule has 0 aromatic heterocycles. The molecule has 1 aromatic rings. The second-order valence-electron chi connectivity index (χ2n) is 2.95. The van der Waals surface area contributed by atoms with E-state index in [0.717, 1.165) is 18.2 Å². The third kappa shape index (κ3) is 4.95. The van der Waals surface area contributed by atoms with E-state index in [-0.39, 0.29) is 0 Å². The number of benzene rings is 1. The van der Waals surface area contributed by atoms with Crippen LogP contribution in [-0.2, 0) is 9.78 Å². The highest BCUT2D eigenvalue weighted by Gasteiger charge is 2.06. The molecule has 0 N–H and O–H groups in total. The predicted molar refractivity (Wildman–Crippen MR) is 60.8 cm³/mol. The Kier molecular flexibility index (Phi) is 6.04. The molecular formula is C11H13BrO3. The zero-order valence-electron chi connectivity index (χ0n) is 8.32. The van der Waals surface area contributed by atoms with Crippen LogP contribution in [0.15, 0.2) is 30.3 Å². The summed E-state index contributed by atoms with van der Waals surface area (Å²) in [5.74, 6) is -0.450. The quantitative estimate of drug-likeness (QED) is 0.346. The summed E-state index contributed by atoms with van der Waals surface area (Å²) in [7, 11) is 0. The average molecular weight is 273 g/mol. The van der Waals surface area contributed by atoms with Gasteiger partial charge in [-0.25, -0.2) is 4.79 Å². The first-order chi connectivity index (χ1) is 7.34. The van der Waals surface area contributed by atoms with Crippen LogP contribution >= 0.6 is 15.9 Å². The molecule has 0 saturated carbocycles. The number of alkyl halides is 1. The van der Waals surface area contributed by atoms with Crippen molar-refractivity contribution in [1.82, 2.24) is 0 Å². The SMILES string of the molecule is O=C(OOCCCCBr)c1ccccc1. The van der Waals surface area contributed by atoms with Gasteiger partial charge in [0.1, 0.15) is 0 Å². The Labute approximate surface area is 97.4 Å². The minimum absolute atomic E-state index is 0.435. The van der Waals surface area contributed by atoms with Crippen LogP contribution in [0, 0.1) is 0 Å². The third-order valence-corrected chi connectivity index (χ3v) is 2.32. The second-order valence-corrected chi connectivity index (χ2v) is 3.75. The summed E-state index contributed by atoms with van der Waals surface area (Å²) in [6.07, 6.45) is 1.87. The molecule has 0 aliphatic heterocycles. The summed E-state index contributed by atoms with van der Waals surface area (Å²) in [4.78, 5) is 20.7. The lowest BCUT2D eigenvalue weighted by molar-refractivity contribution is -0.241. The molecule has 0 aliphatic carbocycles. The third-order valence-electron chi connectivity index (χ3n) is 1.76. The van der Waals surface area contributed by atoms with Gasteiger partial charge in [-0.15, -0.1) is 0 Å². The average Bonchev–Trinajstić information content (AvgIpc) is 2.30. The first-order valence-corrected chi connectivity index (χ1v) is 5.91. The highest BCUT2D eigenvalue weighted by molar-refractivity contribution is 9.09. The Bertz CT molecular complexity index is 287. The van der Waals surface area contributed by atoms with Gasteiger partial charge in [-0.3, -0.25) is 4.89 Å². The molecule has 3 nitrogen and oxygen atoms in total. The van der Waals surface area contributed by atoms with E-state index >= 15 is 0 Å². The Balaban J connectivity index is 2.20. The van der Waals surface area contributed by atoms with Gasteiger partial charge in [-0.2, -0.15) is 4.89 Å². The van der Waals surface area contributed by atoms with Gasteiger partial charge in [-0.1, -0.05) is 34.1 Å². The number of hydrogen-bond acceptors (Lipinski definition) is 3. The van der Waals surface area contributed by atoms with E-state index in [1.54, 1.807) is 24.3 Å². The molecule has 0 unspecified atom stereocenters. The Morgan fingerprint density at radius 1 is 1.20 bits per heavy atom. The summed E-state index contributed by atoms with van der Waals surface area (Å²) in [5.41, 5.74) is 0.498. The zero-order valence-corrected chi connectivity index (χ0v) is 9.90. The fourth-order valence-corrected chi connectivity index (χ4v) is 1.37. The van der Waals surface area contributed by atoms with Gasteiger partial charge in [0.05, 0.1) is 12.2 Å². The molecule has 0 radical (unpaired) electrons. The van der Waals surface area contributed by atoms with Crippen molar-refractivity contribution in [2.24, 2.45) is 0 Å². The van der Waals surface area contributed by atoms with Gasteiger partial charge < -0.3 is 0 Å². The number of rotatable bonds is 6. The fourth-order valence-electron chi connectivity index (χ4n) is 0.973. The molecule has 0 heterocycles. The summed E-state index contributed by atoms with van der Waals surface area (Å²) in [6.45, 7) is 0.435. The van der Waals surface area contributed by atoms with Gasteiger partial charge in [0, 0.05) is 5.33 Å². The molecule has 4 heteroatoms. The molecule has 0 amide bonds. The maximum absolute atomic E-state index is 11.3. The number of unbranched alkanes of at least 4 members (excludes halogenated alkanes) is 1. The highest BCUT2D eigenvalue weighted by Crippen LogP contribution is 2.02. The number of hydrogen-bond donors (Lipinski definition) is 0. The van der Waals surface area contributed by atoms with Crippen LogP contribution in [0.25, 0.3) is 0 Å². The van der Waals surface area contributed by atoms with Crippen LogP contribution < -0.4 is 0 Å². The standard InChI is InChI=1S/C11H13BrO3/c12-8-4-5-9-14-15-11(13)10-6-2-1-3-7-10/h1-3,6-7H,4-5,8-9H2. The Hall–Kier alpha value is -0.870. The minimum Gasteiger partial charge on any atom is -0.293 e. The largest absolute Gasteiger partial charge is 0.373 e. The maximum Gasteiger partial charge on any atom is 0.373 e. The molecule has 0 aliphatic rings. The minimum atomic E-state index is -0.450. The van der Waals surface area contributed by atoms with Crippen molar-refractivity contribution in [2.75, 3.05) is 11.9 Å². The highest BCUT2D eigenvalue weighted by atomic mass is 79.9. The van der Waals surface area contributed by atoms with E-state index in [9.17, 15) is 4.79 Å². The molecule has 0 atom stereocenters. The van der Waals surface area contributed by atoms with Gasteiger partial charge in [-0.05, 0) is 25.0 Å². The van der Waals surface area contributed by atoms with Gasteiger partial charge in [0.15, 0.2) is 0 Å². The monoisotopic (exact) mass is 272 g/mol. The van der Waals surface area contributed by atoms with Crippen molar-refractivity contribution >= 4 is 21.9 Å². The Morgan fingerprint density at radius 2 is 1.93 bits per heavy atom. The number of carbonyl (C=O) groups is 1. The molecule has 0 fully saturated rings. The summed E-state index contributed by atoms with van der Waals surface area (Å²) >= 11 is 3.30. The molecule has 1 aromatic carbocycles. The van der Waals surface area contributed by atoms with Gasteiger partial charge >= 0.3 is 5.97 Å². The van der Waals surface area contributed by atoms with E-state index in [1.807, 2.05) is 6.07 Å². The van der Waals surface area contributed by atoms with Crippen molar-refractivity contribution in [1.29, 1.82) is 0 Å². The fraction of sp³-hybridized carbons (Fsp3) is 0.364. The first-order valence-electron chi connectivity index (χ1n) is 4.79. The lowest BCUT2D eigenvalue weighted by Crippen LogP contribution is -2.06. The summed E-state index contributed by atoms with van der Waals surface area (Å²) in [5, 5.41) is 0.934. The second kappa shape index (κ2) is 7.43. The van der Waals surface area contributed by atoms with Crippen LogP contribution in [0.5, 0.6) is 0 Å². The van der Waals surface area contributed by atoms with Crippen LogP contribution in [0.1, 0.15) is 23.2 Å². The van der Waals surface area contributed by atoms with E-state index in [2.05, 4.69) is 20.8 Å². The molecule has 0 bridgehead atoms. The van der Waals surface area contributed by atoms with Crippen LogP contribution in [-0.4, -0.2) is 17.9 Å². The number of halogens is 1. The van der Waals surface area contributed by atoms with E-state index in [1.165, 1.54) is 0 Å². The molecule has 0 saturated heterocycles. The van der Waals surface area contributed by atoms with Crippen molar-refractivity contribution in [3.8, 4) is 0 Å². The molecule has 82 valence electrons. The Morgan fingerprint density at radius 3 is 2.60 bits per heavy atom. The number of carbonyl (C=O) groups excluding carboxylic acids is 1. The smallest absolute Gasteiger partial charge is 0.293 e. The molecule has 0 spiro atoms. The van der Waals surface area contributed by atoms with Crippen molar-refractivity contribution in [3.63, 3.8) is 0 Å². The topological polar surface area (TPSA) is 35.5 Å². The lowest BCUT2D eigenvalue weighted by Gasteiger charge is -2.02. The molecule has 1 rings (SSSR count). The lowest BCUT2D eigenvalue weighted by atomic mass is 10.2. The van der Waals surface area contributed by atoms with Crippen molar-refractivity contribution < 1.29 is 14.6 Å². The van der Waals surface area contributed by atoms with Crippen LogP contribution in [0.2, 0.25) is 0 Å². The van der Waals surface area contributed by atoms with Crippen molar-refractivity contribution in [2.45, 2.75) is 12.8 Å². The summed E-state index contributed by atoms with van der Waals surface area (Å²) in [6, 6.07) is 8.77. The van der Waals surface area contributed by atoms with Crippen LogP contribution in [0.4, 0.5) is 0 Å². The van der Waals surface area contributed by atoms with Gasteiger partial charge in [0.25, 0.3) is 0 Å². The van der Waals surface area contributed by atoms with Crippen molar-refractivity contribution in [3.05, 3.63) is 35.9 Å². The van der Waals surface area contributed by atoms with E-state index in [0.29, 0.717) is 12.2 Å². The molecular weight excluding hydrogens is 260 g/mol. The summed E-state index contributed by atoms with van der Waals surface area (Å²) < 4.78 is 0. The normalized spacial score (nSPS) is 9.93. The zero-order chi connectivity index (χ0) is 10.9. The van der Waals surface area contributed by atoms with Crippen LogP contribution in [0.3, 0.4) is 0 Å². The van der Waals surface area contributed by atoms with E-state index < -0.39 is 5.97 Å². The molecule has 15 heavy (non-hydrogen) atoms. The van der Waals surface area contributed by atoms with E-state index in [4.69, 9.17) is 4.89 Å². The predicted octanol–water partition coefficient (Wildman–Crippen LogP) is 2.95.